The molecule has 9 heteroatoms. The molecule has 0 spiro atoms. The zero-order valence-electron chi connectivity index (χ0n) is 13.7. The third kappa shape index (κ3) is 3.51. The van der Waals surface area contributed by atoms with Gasteiger partial charge in [0.2, 0.25) is 5.13 Å². The zero-order valence-corrected chi connectivity index (χ0v) is 14.5. The summed E-state index contributed by atoms with van der Waals surface area (Å²) in [7, 11) is 0. The van der Waals surface area contributed by atoms with E-state index in [0.717, 1.165) is 49.4 Å². The largest absolute Gasteiger partial charge is 0.432 e. The van der Waals surface area contributed by atoms with Crippen LogP contribution in [0.25, 0.3) is 0 Å². The highest BCUT2D eigenvalue weighted by Crippen LogP contribution is 2.36. The van der Waals surface area contributed by atoms with Gasteiger partial charge in [-0.05, 0) is 25.7 Å². The molecule has 1 aliphatic heterocycles. The van der Waals surface area contributed by atoms with E-state index in [1.165, 1.54) is 24.4 Å². The number of H-pyrrole nitrogens is 1. The minimum atomic E-state index is -4.38. The Morgan fingerprint density at radius 3 is 2.60 bits per heavy atom. The predicted molar refractivity (Wildman–Crippen MR) is 88.9 cm³/mol. The number of halogens is 3. The van der Waals surface area contributed by atoms with Gasteiger partial charge in [-0.3, -0.25) is 0 Å². The molecule has 2 aromatic rings. The van der Waals surface area contributed by atoms with Crippen LogP contribution in [0.15, 0.2) is 6.20 Å². The Morgan fingerprint density at radius 2 is 1.88 bits per heavy atom. The number of alkyl halides is 3. The van der Waals surface area contributed by atoms with Gasteiger partial charge in [0.25, 0.3) is 0 Å². The van der Waals surface area contributed by atoms with Crippen molar-refractivity contribution in [3.8, 4) is 0 Å². The second-order valence-corrected chi connectivity index (χ2v) is 7.61. The lowest BCUT2D eigenvalue weighted by Gasteiger charge is -2.31. The second-order valence-electron chi connectivity index (χ2n) is 6.88. The van der Waals surface area contributed by atoms with Crippen LogP contribution in [0.1, 0.15) is 67.7 Å². The first-order valence-electron chi connectivity index (χ1n) is 8.71. The fourth-order valence-corrected chi connectivity index (χ4v) is 4.55. The molecule has 2 aromatic heterocycles. The van der Waals surface area contributed by atoms with Crippen molar-refractivity contribution in [3.05, 3.63) is 23.5 Å². The molecule has 2 aliphatic rings. The van der Waals surface area contributed by atoms with Crippen molar-refractivity contribution in [2.24, 2.45) is 0 Å². The van der Waals surface area contributed by atoms with E-state index in [9.17, 15) is 13.2 Å². The van der Waals surface area contributed by atoms with Gasteiger partial charge in [0.05, 0.1) is 6.20 Å². The van der Waals surface area contributed by atoms with Gasteiger partial charge >= 0.3 is 6.18 Å². The van der Waals surface area contributed by atoms with Crippen LogP contribution in [-0.2, 0) is 6.18 Å². The highest BCUT2D eigenvalue weighted by molar-refractivity contribution is 7.09. The summed E-state index contributed by atoms with van der Waals surface area (Å²) >= 11 is 1.40. The number of hydrogen-bond acceptors (Lipinski definition) is 5. The lowest BCUT2D eigenvalue weighted by molar-refractivity contribution is -0.141. The summed E-state index contributed by atoms with van der Waals surface area (Å²) in [6.45, 7) is 1.49. The van der Waals surface area contributed by atoms with Crippen molar-refractivity contribution < 1.29 is 13.2 Å². The number of rotatable bonds is 3. The molecule has 1 unspecified atom stereocenters. The fourth-order valence-electron chi connectivity index (χ4n) is 3.77. The molecule has 0 radical (unpaired) electrons. The normalized spacial score (nSPS) is 22.7. The molecule has 1 atom stereocenters. The predicted octanol–water partition coefficient (Wildman–Crippen LogP) is 4.32. The van der Waals surface area contributed by atoms with E-state index in [-0.39, 0.29) is 5.92 Å². The molecule has 3 heterocycles. The van der Waals surface area contributed by atoms with Crippen LogP contribution in [0, 0.1) is 0 Å². The Bertz CT molecular complexity index is 719. The molecule has 1 saturated heterocycles. The van der Waals surface area contributed by atoms with Gasteiger partial charge in [-0.1, -0.05) is 12.8 Å². The monoisotopic (exact) mass is 371 g/mol. The minimum Gasteiger partial charge on any atom is -0.346 e. The molecule has 1 saturated carbocycles. The van der Waals surface area contributed by atoms with E-state index >= 15 is 0 Å². The third-order valence-electron chi connectivity index (χ3n) is 5.13. The Balaban J connectivity index is 1.46. The molecule has 0 aromatic carbocycles. The van der Waals surface area contributed by atoms with Gasteiger partial charge < -0.3 is 9.88 Å². The van der Waals surface area contributed by atoms with E-state index in [1.54, 1.807) is 0 Å². The molecule has 2 fully saturated rings. The van der Waals surface area contributed by atoms with Crippen LogP contribution in [0.5, 0.6) is 0 Å². The third-order valence-corrected chi connectivity index (χ3v) is 5.92. The number of aromatic amines is 1. The van der Waals surface area contributed by atoms with Crippen molar-refractivity contribution in [2.45, 2.75) is 56.5 Å². The summed E-state index contributed by atoms with van der Waals surface area (Å²) in [4.78, 5) is 13.3. The van der Waals surface area contributed by atoms with Gasteiger partial charge in [-0.25, -0.2) is 9.97 Å². The van der Waals surface area contributed by atoms with E-state index in [0.29, 0.717) is 18.3 Å². The standard InChI is InChI=1S/C16H20F3N5S/c17-16(18,19)12-8-20-13(21-12)11-6-3-7-24(9-11)15-22-14(23-25-15)10-4-1-2-5-10/h8,10-11H,1-7,9H2,(H,20,21). The first-order valence-corrected chi connectivity index (χ1v) is 9.48. The number of imidazole rings is 1. The molecule has 1 N–H and O–H groups in total. The van der Waals surface area contributed by atoms with Gasteiger partial charge in [0, 0.05) is 36.5 Å². The quantitative estimate of drug-likeness (QED) is 0.873. The van der Waals surface area contributed by atoms with E-state index < -0.39 is 11.9 Å². The minimum absolute atomic E-state index is 0.0383. The Hall–Kier alpha value is -1.64. The summed E-state index contributed by atoms with van der Waals surface area (Å²) in [5.74, 6) is 1.79. The van der Waals surface area contributed by atoms with Crippen LogP contribution in [-0.4, -0.2) is 32.4 Å². The van der Waals surface area contributed by atoms with Gasteiger partial charge in [0.15, 0.2) is 0 Å². The van der Waals surface area contributed by atoms with E-state index in [4.69, 9.17) is 4.98 Å². The molecule has 4 rings (SSSR count). The second kappa shape index (κ2) is 6.59. The Kier molecular flexibility index (Phi) is 4.43. The first kappa shape index (κ1) is 16.8. The topological polar surface area (TPSA) is 57.7 Å². The molecule has 25 heavy (non-hydrogen) atoms. The van der Waals surface area contributed by atoms with E-state index in [2.05, 4.69) is 19.2 Å². The maximum atomic E-state index is 12.8. The van der Waals surface area contributed by atoms with Crippen LogP contribution in [0.2, 0.25) is 0 Å². The van der Waals surface area contributed by atoms with Gasteiger partial charge in [0.1, 0.15) is 17.3 Å². The number of nitrogens with one attached hydrogen (secondary N) is 1. The van der Waals surface area contributed by atoms with Crippen LogP contribution < -0.4 is 4.90 Å². The van der Waals surface area contributed by atoms with Crippen molar-refractivity contribution >= 4 is 16.7 Å². The van der Waals surface area contributed by atoms with Gasteiger partial charge in [-0.2, -0.15) is 17.5 Å². The Labute approximate surface area is 147 Å². The van der Waals surface area contributed by atoms with Crippen LogP contribution in [0.4, 0.5) is 18.3 Å². The van der Waals surface area contributed by atoms with Crippen molar-refractivity contribution in [2.75, 3.05) is 18.0 Å². The molecule has 1 aliphatic carbocycles. The SMILES string of the molecule is FC(F)(F)c1cnc(C2CCCN(c3nc(C4CCCC4)ns3)C2)[nH]1. The molecule has 136 valence electrons. The van der Waals surface area contributed by atoms with Crippen molar-refractivity contribution in [1.82, 2.24) is 19.3 Å². The van der Waals surface area contributed by atoms with Gasteiger partial charge in [-0.15, -0.1) is 0 Å². The fraction of sp³-hybridized carbons (Fsp3) is 0.688. The molecule has 5 nitrogen and oxygen atoms in total. The number of hydrogen-bond donors (Lipinski definition) is 1. The summed E-state index contributed by atoms with van der Waals surface area (Å²) in [6.07, 6.45) is 3.04. The summed E-state index contributed by atoms with van der Waals surface area (Å²) in [5, 5.41) is 0.884. The smallest absolute Gasteiger partial charge is 0.346 e. The Morgan fingerprint density at radius 1 is 1.12 bits per heavy atom. The van der Waals surface area contributed by atoms with E-state index in [1.807, 2.05) is 0 Å². The molecular weight excluding hydrogens is 351 g/mol. The van der Waals surface area contributed by atoms with Crippen molar-refractivity contribution in [1.29, 1.82) is 0 Å². The van der Waals surface area contributed by atoms with Crippen LogP contribution in [0.3, 0.4) is 0 Å². The molecule has 0 amide bonds. The molecule has 0 bridgehead atoms. The van der Waals surface area contributed by atoms with Crippen LogP contribution >= 0.6 is 11.5 Å². The maximum Gasteiger partial charge on any atom is 0.432 e. The maximum absolute atomic E-state index is 12.8. The number of piperidine rings is 1. The van der Waals surface area contributed by atoms with Crippen molar-refractivity contribution in [3.63, 3.8) is 0 Å². The number of anilines is 1. The average molecular weight is 371 g/mol. The molecular formula is C16H20F3N5S. The lowest BCUT2D eigenvalue weighted by atomic mass is 9.98. The summed E-state index contributed by atoms with van der Waals surface area (Å²) in [6, 6.07) is 0. The highest BCUT2D eigenvalue weighted by Gasteiger charge is 2.34. The zero-order chi connectivity index (χ0) is 17.4. The summed E-state index contributed by atoms with van der Waals surface area (Å²) in [5.41, 5.74) is -0.779. The summed E-state index contributed by atoms with van der Waals surface area (Å²) < 4.78 is 42.8. The number of nitrogens with zero attached hydrogens (tertiary/aromatic N) is 4. The number of aromatic nitrogens is 4. The first-order chi connectivity index (χ1) is 12.0. The average Bonchev–Trinajstić information content (AvgIpc) is 3.33. The highest BCUT2D eigenvalue weighted by atomic mass is 32.1. The lowest BCUT2D eigenvalue weighted by Crippen LogP contribution is -2.34.